The van der Waals surface area contributed by atoms with Crippen LogP contribution in [-0.2, 0) is 0 Å². The van der Waals surface area contributed by atoms with Crippen LogP contribution in [0.4, 0.5) is 8.78 Å². The predicted octanol–water partition coefficient (Wildman–Crippen LogP) is 4.46. The molecule has 0 amide bonds. The van der Waals surface area contributed by atoms with E-state index >= 15 is 0 Å². The van der Waals surface area contributed by atoms with Crippen LogP contribution in [0.15, 0.2) is 40.9 Å². The Morgan fingerprint density at radius 2 is 1.72 bits per heavy atom. The highest BCUT2D eigenvalue weighted by Crippen LogP contribution is 2.32. The summed E-state index contributed by atoms with van der Waals surface area (Å²) in [6.45, 7) is 0. The van der Waals surface area contributed by atoms with Gasteiger partial charge in [0.1, 0.15) is 17.7 Å². The molecule has 0 aromatic heterocycles. The largest absolute Gasteiger partial charge is 0.383 e. The van der Waals surface area contributed by atoms with Crippen LogP contribution in [-0.4, -0.2) is 5.11 Å². The van der Waals surface area contributed by atoms with Crippen molar-refractivity contribution in [2.45, 2.75) is 6.10 Å². The fraction of sp³-hybridized carbons (Fsp3) is 0.0769. The number of hydrogen-bond acceptors (Lipinski definition) is 1. The number of aliphatic hydroxyl groups excluding tert-OH is 1. The van der Waals surface area contributed by atoms with E-state index in [1.165, 1.54) is 24.3 Å². The van der Waals surface area contributed by atoms with Gasteiger partial charge < -0.3 is 5.11 Å². The number of benzene rings is 2. The molecule has 0 spiro atoms. The summed E-state index contributed by atoms with van der Waals surface area (Å²) in [5.74, 6) is -1.24. The van der Waals surface area contributed by atoms with Crippen LogP contribution in [0.3, 0.4) is 0 Å². The molecule has 0 bridgehead atoms. The van der Waals surface area contributed by atoms with Gasteiger partial charge in [0.2, 0.25) is 0 Å². The Morgan fingerprint density at radius 3 is 2.39 bits per heavy atom. The smallest absolute Gasteiger partial charge is 0.130 e. The monoisotopic (exact) mass is 332 g/mol. The van der Waals surface area contributed by atoms with Gasteiger partial charge in [0.15, 0.2) is 0 Å². The van der Waals surface area contributed by atoms with Crippen LogP contribution < -0.4 is 0 Å². The molecular formula is C13H8BrClF2O. The first-order chi connectivity index (χ1) is 8.50. The zero-order chi connectivity index (χ0) is 13.3. The molecule has 2 aromatic rings. The van der Waals surface area contributed by atoms with E-state index in [1.807, 2.05) is 0 Å². The highest BCUT2D eigenvalue weighted by molar-refractivity contribution is 9.10. The van der Waals surface area contributed by atoms with E-state index in [0.29, 0.717) is 4.47 Å². The van der Waals surface area contributed by atoms with Gasteiger partial charge in [-0.1, -0.05) is 29.8 Å². The fourth-order valence-electron chi connectivity index (χ4n) is 1.61. The molecule has 0 radical (unpaired) electrons. The molecule has 0 aliphatic heterocycles. The predicted molar refractivity (Wildman–Crippen MR) is 69.6 cm³/mol. The average Bonchev–Trinajstić information content (AvgIpc) is 2.33. The van der Waals surface area contributed by atoms with Gasteiger partial charge in [-0.25, -0.2) is 8.78 Å². The number of rotatable bonds is 2. The highest BCUT2D eigenvalue weighted by Gasteiger charge is 2.19. The third kappa shape index (κ3) is 2.55. The fourth-order valence-corrected chi connectivity index (χ4v) is 2.10. The third-order valence-electron chi connectivity index (χ3n) is 2.53. The standard InChI is InChI=1S/C13H8BrClF2O/c14-9-6-12(17)8(5-10(9)15)13(18)7-3-1-2-4-11(7)16/h1-6,13,18H. The quantitative estimate of drug-likeness (QED) is 0.804. The van der Waals surface area contributed by atoms with Crippen LogP contribution in [0.1, 0.15) is 17.2 Å². The number of aliphatic hydroxyl groups is 1. The van der Waals surface area contributed by atoms with Gasteiger partial charge in [0, 0.05) is 15.6 Å². The molecule has 0 aliphatic carbocycles. The lowest BCUT2D eigenvalue weighted by Gasteiger charge is -2.14. The Bertz CT molecular complexity index is 589. The summed E-state index contributed by atoms with van der Waals surface area (Å²) < 4.78 is 27.6. The van der Waals surface area contributed by atoms with Crippen LogP contribution in [0.5, 0.6) is 0 Å². The Balaban J connectivity index is 2.50. The van der Waals surface area contributed by atoms with E-state index in [1.54, 1.807) is 6.07 Å². The van der Waals surface area contributed by atoms with Crippen molar-refractivity contribution < 1.29 is 13.9 Å². The van der Waals surface area contributed by atoms with Gasteiger partial charge >= 0.3 is 0 Å². The summed E-state index contributed by atoms with van der Waals surface area (Å²) in [5, 5.41) is 10.3. The summed E-state index contributed by atoms with van der Waals surface area (Å²) in [7, 11) is 0. The van der Waals surface area contributed by atoms with Crippen LogP contribution in [0.2, 0.25) is 5.02 Å². The van der Waals surface area contributed by atoms with Crippen molar-refractivity contribution in [1.82, 2.24) is 0 Å². The van der Waals surface area contributed by atoms with E-state index in [9.17, 15) is 13.9 Å². The van der Waals surface area contributed by atoms with Gasteiger partial charge in [-0.3, -0.25) is 0 Å². The lowest BCUT2D eigenvalue weighted by molar-refractivity contribution is 0.209. The molecule has 0 saturated carbocycles. The van der Waals surface area contributed by atoms with E-state index in [4.69, 9.17) is 11.6 Å². The zero-order valence-corrected chi connectivity index (χ0v) is 11.3. The maximum Gasteiger partial charge on any atom is 0.130 e. The SMILES string of the molecule is OC(c1ccccc1F)c1cc(Cl)c(Br)cc1F. The first kappa shape index (κ1) is 13.5. The molecule has 0 saturated heterocycles. The van der Waals surface area contributed by atoms with Crippen LogP contribution >= 0.6 is 27.5 Å². The second-order valence-electron chi connectivity index (χ2n) is 3.71. The number of halogens is 4. The molecule has 1 atom stereocenters. The summed E-state index contributed by atoms with van der Waals surface area (Å²) in [6, 6.07) is 8.09. The molecule has 0 fully saturated rings. The highest BCUT2D eigenvalue weighted by atomic mass is 79.9. The minimum Gasteiger partial charge on any atom is -0.383 e. The molecule has 1 nitrogen and oxygen atoms in total. The lowest BCUT2D eigenvalue weighted by Crippen LogP contribution is -2.05. The Kier molecular flexibility index (Phi) is 4.00. The van der Waals surface area contributed by atoms with Gasteiger partial charge in [-0.2, -0.15) is 0 Å². The molecule has 94 valence electrons. The number of hydrogen-bond donors (Lipinski definition) is 1. The summed E-state index contributed by atoms with van der Waals surface area (Å²) in [6.07, 6.45) is -1.39. The van der Waals surface area contributed by atoms with Gasteiger partial charge in [0.05, 0.1) is 5.02 Å². The zero-order valence-electron chi connectivity index (χ0n) is 9.00. The second-order valence-corrected chi connectivity index (χ2v) is 4.97. The molecular weight excluding hydrogens is 325 g/mol. The summed E-state index contributed by atoms with van der Waals surface area (Å²) >= 11 is 8.91. The van der Waals surface area contributed by atoms with E-state index in [-0.39, 0.29) is 16.1 Å². The summed E-state index contributed by atoms with van der Waals surface area (Å²) in [4.78, 5) is 0. The lowest BCUT2D eigenvalue weighted by atomic mass is 10.0. The summed E-state index contributed by atoms with van der Waals surface area (Å²) in [5.41, 5.74) is -0.0527. The van der Waals surface area contributed by atoms with Gasteiger partial charge in [-0.15, -0.1) is 0 Å². The van der Waals surface area contributed by atoms with Crippen molar-refractivity contribution in [1.29, 1.82) is 0 Å². The second kappa shape index (κ2) is 5.34. The maximum absolute atomic E-state index is 13.7. The van der Waals surface area contributed by atoms with Crippen molar-refractivity contribution in [2.75, 3.05) is 0 Å². The minimum absolute atomic E-state index is 0.00906. The van der Waals surface area contributed by atoms with Crippen molar-refractivity contribution in [3.05, 3.63) is 68.7 Å². The van der Waals surface area contributed by atoms with Crippen LogP contribution in [0, 0.1) is 11.6 Å². The molecule has 5 heteroatoms. The molecule has 0 heterocycles. The molecule has 2 aromatic carbocycles. The third-order valence-corrected chi connectivity index (χ3v) is 3.73. The topological polar surface area (TPSA) is 20.2 Å². The van der Waals surface area contributed by atoms with Crippen LogP contribution in [0.25, 0.3) is 0 Å². The van der Waals surface area contributed by atoms with Gasteiger partial charge in [0.25, 0.3) is 0 Å². The maximum atomic E-state index is 13.7. The molecule has 1 N–H and O–H groups in total. The molecule has 0 aliphatic rings. The van der Waals surface area contributed by atoms with E-state index in [2.05, 4.69) is 15.9 Å². The average molecular weight is 334 g/mol. The first-order valence-electron chi connectivity index (χ1n) is 5.07. The van der Waals surface area contributed by atoms with E-state index < -0.39 is 17.7 Å². The Hall–Kier alpha value is -0.970. The molecule has 1 unspecified atom stereocenters. The van der Waals surface area contributed by atoms with Gasteiger partial charge in [-0.05, 0) is 34.1 Å². The van der Waals surface area contributed by atoms with Crippen molar-refractivity contribution in [2.24, 2.45) is 0 Å². The van der Waals surface area contributed by atoms with Crippen molar-refractivity contribution in [3.8, 4) is 0 Å². The first-order valence-corrected chi connectivity index (χ1v) is 6.24. The van der Waals surface area contributed by atoms with Crippen molar-refractivity contribution in [3.63, 3.8) is 0 Å². The minimum atomic E-state index is -1.39. The normalized spacial score (nSPS) is 12.5. The molecule has 18 heavy (non-hydrogen) atoms. The Morgan fingerprint density at radius 1 is 1.06 bits per heavy atom. The molecule has 2 rings (SSSR count). The van der Waals surface area contributed by atoms with E-state index in [0.717, 1.165) is 6.07 Å². The Labute approximate surface area is 116 Å². The van der Waals surface area contributed by atoms with Crippen molar-refractivity contribution >= 4 is 27.5 Å².